The molecule has 0 radical (unpaired) electrons. The minimum atomic E-state index is -1.93. The first-order valence-electron chi connectivity index (χ1n) is 11.9. The molecule has 4 rings (SSSR count). The van der Waals surface area contributed by atoms with Gasteiger partial charge in [0, 0.05) is 42.6 Å². The first kappa shape index (κ1) is 26.0. The van der Waals surface area contributed by atoms with Crippen LogP contribution in [0, 0.1) is 11.7 Å². The third kappa shape index (κ3) is 5.37. The first-order chi connectivity index (χ1) is 16.5. The Morgan fingerprint density at radius 2 is 1.83 bits per heavy atom. The molecule has 1 unspecified atom stereocenters. The molecular formula is C24H31F2N3O5S. The van der Waals surface area contributed by atoms with Crippen molar-refractivity contribution in [3.63, 3.8) is 0 Å². The fourth-order valence-corrected chi connectivity index (χ4v) is 5.45. The molecule has 0 spiro atoms. The molecule has 0 saturated carbocycles. The Kier molecular flexibility index (Phi) is 7.51. The van der Waals surface area contributed by atoms with Crippen LogP contribution in [0.2, 0.25) is 0 Å². The number of benzene rings is 1. The lowest BCUT2D eigenvalue weighted by Crippen LogP contribution is -2.62. The maximum Gasteiger partial charge on any atom is 0.331 e. The van der Waals surface area contributed by atoms with Crippen LogP contribution in [0.3, 0.4) is 0 Å². The number of barbiturate groups is 1. The standard InChI is InChI=1S/C24H31F2N3O5S/c1-24(2,3)35(33)28-20(16-10-13-4-5-14(13)11-18(16)25)19(26)12-17-21(30)27-23(32)29(22(17)31)15-6-8-34-9-7-15/h10-11,15,17,19-20,28H,4-9,12H2,1-3H3,(H,27,30,32)/t17?,19-,20-,35+/m0/s1. The van der Waals surface area contributed by atoms with Gasteiger partial charge in [0.25, 0.3) is 0 Å². The van der Waals surface area contributed by atoms with Gasteiger partial charge in [-0.3, -0.25) is 19.8 Å². The van der Waals surface area contributed by atoms with Crippen LogP contribution in [0.1, 0.15) is 62.8 Å². The molecule has 2 fully saturated rings. The average molecular weight is 512 g/mol. The van der Waals surface area contributed by atoms with E-state index in [-0.39, 0.29) is 5.56 Å². The zero-order valence-corrected chi connectivity index (χ0v) is 20.9. The van der Waals surface area contributed by atoms with Gasteiger partial charge in [0.2, 0.25) is 11.8 Å². The molecule has 11 heteroatoms. The van der Waals surface area contributed by atoms with Crippen molar-refractivity contribution in [2.75, 3.05) is 13.2 Å². The lowest BCUT2D eigenvalue weighted by molar-refractivity contribution is -0.146. The normalized spacial score (nSPS) is 23.9. The summed E-state index contributed by atoms with van der Waals surface area (Å²) in [5, 5.41) is 2.16. The molecule has 0 aromatic heterocycles. The molecule has 2 saturated heterocycles. The van der Waals surface area contributed by atoms with Crippen LogP contribution in [0.4, 0.5) is 13.6 Å². The molecule has 1 aromatic carbocycles. The monoisotopic (exact) mass is 511 g/mol. The SMILES string of the molecule is CC(C)(C)[S@@+]([O-])N[C@@H](c1cc2c(cc1F)CC2)[C@@H](F)CC1C(=O)NC(=O)N(C2CCOCC2)C1=O. The zero-order valence-electron chi connectivity index (χ0n) is 20.1. The number of urea groups is 1. The van der Waals surface area contributed by atoms with Crippen LogP contribution in [0.5, 0.6) is 0 Å². The van der Waals surface area contributed by atoms with Crippen LogP contribution in [0.15, 0.2) is 12.1 Å². The predicted molar refractivity (Wildman–Crippen MR) is 125 cm³/mol. The molecule has 4 amide bonds. The molecule has 3 aliphatic rings. The summed E-state index contributed by atoms with van der Waals surface area (Å²) in [4.78, 5) is 39.2. The maximum atomic E-state index is 15.9. The molecule has 192 valence electrons. The van der Waals surface area contributed by atoms with E-state index in [1.54, 1.807) is 26.8 Å². The Hall–Kier alpha value is -2.08. The molecule has 2 heterocycles. The smallest absolute Gasteiger partial charge is 0.331 e. The Morgan fingerprint density at radius 1 is 1.20 bits per heavy atom. The van der Waals surface area contributed by atoms with Crippen molar-refractivity contribution in [3.8, 4) is 0 Å². The number of carbonyl (C=O) groups is 3. The lowest BCUT2D eigenvalue weighted by Gasteiger charge is -2.38. The molecule has 35 heavy (non-hydrogen) atoms. The van der Waals surface area contributed by atoms with E-state index in [2.05, 4.69) is 10.0 Å². The summed E-state index contributed by atoms with van der Waals surface area (Å²) in [6, 6.07) is 0.308. The lowest BCUT2D eigenvalue weighted by atomic mass is 9.84. The summed E-state index contributed by atoms with van der Waals surface area (Å²) in [6.45, 7) is 5.83. The Balaban J connectivity index is 1.59. The van der Waals surface area contributed by atoms with Gasteiger partial charge in [-0.15, -0.1) is 4.72 Å². The van der Waals surface area contributed by atoms with E-state index in [4.69, 9.17) is 4.74 Å². The number of amides is 4. The van der Waals surface area contributed by atoms with Gasteiger partial charge in [0.05, 0.1) is 0 Å². The number of aryl methyl sites for hydroxylation is 2. The number of carbonyl (C=O) groups excluding carboxylic acids is 3. The van der Waals surface area contributed by atoms with Crippen molar-refractivity contribution in [3.05, 3.63) is 34.6 Å². The van der Waals surface area contributed by atoms with E-state index in [9.17, 15) is 23.3 Å². The predicted octanol–water partition coefficient (Wildman–Crippen LogP) is 2.62. The number of alkyl halides is 1. The highest BCUT2D eigenvalue weighted by Crippen LogP contribution is 2.35. The molecule has 8 nitrogen and oxygen atoms in total. The summed E-state index contributed by atoms with van der Waals surface area (Å²) >= 11 is -1.75. The second-order valence-corrected chi connectivity index (χ2v) is 12.3. The fourth-order valence-electron chi connectivity index (χ4n) is 4.59. The number of nitrogens with zero attached hydrogens (tertiary/aromatic N) is 1. The number of halogens is 2. The Bertz CT molecular complexity index is 1010. The van der Waals surface area contributed by atoms with Crippen molar-refractivity contribution in [1.82, 2.24) is 14.9 Å². The van der Waals surface area contributed by atoms with Crippen LogP contribution < -0.4 is 10.0 Å². The van der Waals surface area contributed by atoms with Gasteiger partial charge in [0.15, 0.2) is 0 Å². The quantitative estimate of drug-likeness (QED) is 0.430. The van der Waals surface area contributed by atoms with E-state index >= 15 is 4.39 Å². The highest BCUT2D eigenvalue weighted by Gasteiger charge is 2.46. The summed E-state index contributed by atoms with van der Waals surface area (Å²) in [7, 11) is 0. The van der Waals surface area contributed by atoms with Gasteiger partial charge in [-0.05, 0) is 63.6 Å². The number of hydrogen-bond acceptors (Lipinski definition) is 6. The largest absolute Gasteiger partial charge is 0.598 e. The van der Waals surface area contributed by atoms with Gasteiger partial charge >= 0.3 is 6.03 Å². The van der Waals surface area contributed by atoms with E-state index < -0.39 is 70.4 Å². The maximum absolute atomic E-state index is 15.9. The summed E-state index contributed by atoms with van der Waals surface area (Å²) in [5.74, 6) is -3.76. The number of imide groups is 2. The van der Waals surface area contributed by atoms with Gasteiger partial charge in [-0.1, -0.05) is 6.07 Å². The van der Waals surface area contributed by atoms with E-state index in [0.717, 1.165) is 28.9 Å². The van der Waals surface area contributed by atoms with Crippen molar-refractivity contribution in [1.29, 1.82) is 0 Å². The number of nitrogens with one attached hydrogen (secondary N) is 2. The van der Waals surface area contributed by atoms with Gasteiger partial charge in [0.1, 0.15) is 28.7 Å². The highest BCUT2D eigenvalue weighted by atomic mass is 32.2. The highest BCUT2D eigenvalue weighted by molar-refractivity contribution is 7.90. The van der Waals surface area contributed by atoms with Crippen molar-refractivity contribution in [2.45, 2.75) is 75.9 Å². The molecule has 1 aliphatic carbocycles. The van der Waals surface area contributed by atoms with E-state index in [1.807, 2.05) is 0 Å². The second-order valence-electron chi connectivity index (χ2n) is 10.3. The summed E-state index contributed by atoms with van der Waals surface area (Å²) in [5.41, 5.74) is 1.75. The zero-order chi connectivity index (χ0) is 25.5. The number of fused-ring (bicyclic) bond motifs is 1. The summed E-state index contributed by atoms with van der Waals surface area (Å²) < 4.78 is 51.0. The van der Waals surface area contributed by atoms with Crippen molar-refractivity contribution < 1.29 is 32.5 Å². The summed E-state index contributed by atoms with van der Waals surface area (Å²) in [6.07, 6.45) is -0.196. The molecular weight excluding hydrogens is 480 g/mol. The van der Waals surface area contributed by atoms with Crippen LogP contribution >= 0.6 is 0 Å². The van der Waals surface area contributed by atoms with Crippen LogP contribution in [-0.4, -0.2) is 57.5 Å². The number of hydrogen-bond donors (Lipinski definition) is 2. The second kappa shape index (κ2) is 10.1. The van der Waals surface area contributed by atoms with E-state index in [1.165, 1.54) is 6.07 Å². The van der Waals surface area contributed by atoms with Crippen LogP contribution in [-0.2, 0) is 38.5 Å². The molecule has 0 bridgehead atoms. The van der Waals surface area contributed by atoms with Gasteiger partial charge < -0.3 is 9.29 Å². The van der Waals surface area contributed by atoms with Gasteiger partial charge in [-0.25, -0.2) is 13.6 Å². The third-order valence-electron chi connectivity index (χ3n) is 6.79. The van der Waals surface area contributed by atoms with Gasteiger partial charge in [-0.2, -0.15) is 0 Å². The molecule has 2 aliphatic heterocycles. The molecule has 4 atom stereocenters. The first-order valence-corrected chi connectivity index (χ1v) is 13.0. The number of rotatable bonds is 7. The number of ether oxygens (including phenoxy) is 1. The topological polar surface area (TPSA) is 111 Å². The van der Waals surface area contributed by atoms with Crippen LogP contribution in [0.25, 0.3) is 0 Å². The fraction of sp³-hybridized carbons (Fsp3) is 0.625. The van der Waals surface area contributed by atoms with E-state index in [0.29, 0.717) is 26.1 Å². The minimum absolute atomic E-state index is 0.00887. The third-order valence-corrected chi connectivity index (χ3v) is 8.37. The molecule has 1 aromatic rings. The molecule has 2 N–H and O–H groups in total. The Morgan fingerprint density at radius 3 is 2.43 bits per heavy atom. The van der Waals surface area contributed by atoms with Crippen molar-refractivity contribution >= 4 is 29.2 Å². The minimum Gasteiger partial charge on any atom is -0.598 e. The average Bonchev–Trinajstić information content (AvgIpc) is 2.77. The van der Waals surface area contributed by atoms with Crippen molar-refractivity contribution in [2.24, 2.45) is 5.92 Å². The Labute approximate surface area is 206 Å².